The molecule has 204 valence electrons. The second-order valence-electron chi connectivity index (χ2n) is 11.0. The van der Waals surface area contributed by atoms with Crippen molar-refractivity contribution in [2.45, 2.75) is 24.5 Å². The Morgan fingerprint density at radius 3 is 2.34 bits per heavy atom. The zero-order valence-corrected chi connectivity index (χ0v) is 21.3. The molecule has 3 aliphatic carbocycles. The molecule has 0 spiro atoms. The van der Waals surface area contributed by atoms with Crippen LogP contribution in [0.3, 0.4) is 0 Å². The number of primary amides is 1. The molecule has 0 bridgehead atoms. The molecule has 2 heterocycles. The molecule has 38 heavy (non-hydrogen) atoms. The van der Waals surface area contributed by atoms with Gasteiger partial charge in [-0.1, -0.05) is 0 Å². The predicted molar refractivity (Wildman–Crippen MR) is 129 cm³/mol. The normalized spacial score (nSPS) is 33.7. The van der Waals surface area contributed by atoms with Crippen molar-refractivity contribution in [1.29, 1.82) is 0 Å². The number of hydrogen-bond acceptors (Lipinski definition) is 11. The van der Waals surface area contributed by atoms with E-state index in [0.29, 0.717) is 26.2 Å². The molecule has 0 aromatic carbocycles. The first kappa shape index (κ1) is 26.3. The number of likely N-dealkylation sites (N-methyl/N-ethyl adjacent to an activating group) is 2. The average molecular weight is 532 g/mol. The van der Waals surface area contributed by atoms with Gasteiger partial charge < -0.3 is 25.7 Å². The molecule has 4 N–H and O–H groups in total. The van der Waals surface area contributed by atoms with Crippen LogP contribution < -0.4 is 10.6 Å². The second-order valence-corrected chi connectivity index (χ2v) is 11.0. The number of aromatic hydroxyl groups is 1. The molecule has 1 amide bonds. The van der Waals surface area contributed by atoms with E-state index in [1.807, 2.05) is 11.9 Å². The molecule has 3 fully saturated rings. The van der Waals surface area contributed by atoms with Gasteiger partial charge in [0.2, 0.25) is 11.9 Å². The van der Waals surface area contributed by atoms with E-state index in [2.05, 4.69) is 4.98 Å². The maximum atomic E-state index is 15.3. The van der Waals surface area contributed by atoms with Crippen LogP contribution in [0.4, 0.5) is 10.2 Å². The van der Waals surface area contributed by atoms with E-state index >= 15 is 4.39 Å². The summed E-state index contributed by atoms with van der Waals surface area (Å²) in [6.07, 6.45) is -0.314. The number of aliphatic hydroxyl groups is 1. The summed E-state index contributed by atoms with van der Waals surface area (Å²) >= 11 is 0. The number of pyridine rings is 1. The van der Waals surface area contributed by atoms with E-state index in [-0.39, 0.29) is 24.2 Å². The smallest absolute Gasteiger partial charge is 0.235 e. The van der Waals surface area contributed by atoms with Crippen LogP contribution in [0, 0.1) is 29.6 Å². The molecule has 12 nitrogen and oxygen atoms in total. The number of fused-ring (bicyclic) bond motifs is 3. The number of piperazine rings is 1. The fourth-order valence-electron chi connectivity index (χ4n) is 6.74. The molecule has 4 aliphatic rings. The Bertz CT molecular complexity index is 1280. The number of carbonyl (C=O) groups is 5. The van der Waals surface area contributed by atoms with Crippen molar-refractivity contribution in [1.82, 2.24) is 14.8 Å². The van der Waals surface area contributed by atoms with E-state index in [0.717, 1.165) is 0 Å². The number of amides is 1. The Labute approximate surface area is 217 Å². The summed E-state index contributed by atoms with van der Waals surface area (Å²) < 4.78 is 15.3. The number of nitrogens with two attached hydrogens (primary N) is 1. The van der Waals surface area contributed by atoms with Gasteiger partial charge in [-0.2, -0.15) is 9.37 Å². The first-order valence-corrected chi connectivity index (χ1v) is 12.5. The monoisotopic (exact) mass is 531 g/mol. The van der Waals surface area contributed by atoms with Gasteiger partial charge in [0.25, 0.3) is 0 Å². The number of halogens is 1. The van der Waals surface area contributed by atoms with Gasteiger partial charge in [-0.15, -0.1) is 0 Å². The van der Waals surface area contributed by atoms with E-state index in [9.17, 15) is 34.2 Å². The summed E-state index contributed by atoms with van der Waals surface area (Å²) in [4.78, 5) is 75.1. The molecular formula is C25H30FN5O7. The lowest BCUT2D eigenvalue weighted by molar-refractivity contribution is -0.181. The van der Waals surface area contributed by atoms with E-state index < -0.39 is 81.6 Å². The van der Waals surface area contributed by atoms with Gasteiger partial charge in [0.15, 0.2) is 46.2 Å². The summed E-state index contributed by atoms with van der Waals surface area (Å²) in [6, 6.07) is -1.22. The molecule has 13 heteroatoms. The highest BCUT2D eigenvalue weighted by molar-refractivity contribution is 6.32. The van der Waals surface area contributed by atoms with E-state index in [1.54, 1.807) is 4.90 Å². The van der Waals surface area contributed by atoms with E-state index in [4.69, 9.17) is 5.73 Å². The Hall–Kier alpha value is -3.29. The molecule has 1 saturated heterocycles. The molecular weight excluding hydrogens is 501 g/mol. The minimum atomic E-state index is -2.82. The maximum absolute atomic E-state index is 15.3. The molecule has 2 saturated carbocycles. The van der Waals surface area contributed by atoms with Crippen LogP contribution in [-0.4, -0.2) is 113 Å². The SMILES string of the molecule is CN1CCN(c2nc(F)c3c(c2O)C(=O)C2C(=O)[C@]4(O)C(=O)C(C(N)=O)C(=O)[C@@H](N(C)C)[C@@H]4C[C@@H]2C3)CC1. The quantitative estimate of drug-likeness (QED) is 0.295. The van der Waals surface area contributed by atoms with Gasteiger partial charge in [-0.3, -0.25) is 28.9 Å². The van der Waals surface area contributed by atoms with Crippen LogP contribution in [0.1, 0.15) is 22.3 Å². The molecule has 6 atom stereocenters. The van der Waals surface area contributed by atoms with Gasteiger partial charge in [0.05, 0.1) is 17.5 Å². The Morgan fingerprint density at radius 2 is 1.76 bits per heavy atom. The third kappa shape index (κ3) is 3.52. The van der Waals surface area contributed by atoms with Gasteiger partial charge in [-0.05, 0) is 39.9 Å². The predicted octanol–water partition coefficient (Wildman–Crippen LogP) is -1.85. The lowest BCUT2D eigenvalue weighted by atomic mass is 9.52. The summed E-state index contributed by atoms with van der Waals surface area (Å²) in [5.74, 6) is -12.9. The van der Waals surface area contributed by atoms with Gasteiger partial charge >= 0.3 is 0 Å². The lowest BCUT2D eigenvalue weighted by Crippen LogP contribution is -2.74. The molecule has 2 unspecified atom stereocenters. The summed E-state index contributed by atoms with van der Waals surface area (Å²) in [6.45, 7) is 2.11. The number of Topliss-reactive ketones (excluding diaryl/α,β-unsaturated/α-hetero) is 4. The first-order chi connectivity index (χ1) is 17.8. The lowest BCUT2D eigenvalue weighted by Gasteiger charge is -2.52. The highest BCUT2D eigenvalue weighted by Crippen LogP contribution is 2.51. The van der Waals surface area contributed by atoms with E-state index in [1.165, 1.54) is 19.0 Å². The van der Waals surface area contributed by atoms with Crippen LogP contribution in [-0.2, 0) is 25.6 Å². The van der Waals surface area contributed by atoms with Crippen LogP contribution in [0.25, 0.3) is 0 Å². The second kappa shape index (κ2) is 8.89. The van der Waals surface area contributed by atoms with Crippen LogP contribution in [0.5, 0.6) is 5.75 Å². The third-order valence-corrected chi connectivity index (χ3v) is 8.66. The average Bonchev–Trinajstić information content (AvgIpc) is 2.83. The zero-order chi connectivity index (χ0) is 27.8. The molecule has 5 rings (SSSR count). The molecule has 1 aliphatic heterocycles. The fraction of sp³-hybridized carbons (Fsp3) is 0.600. The summed E-state index contributed by atoms with van der Waals surface area (Å²) in [5.41, 5.74) is 1.96. The number of aromatic nitrogens is 1. The standard InChI is InChI=1S/C25H30FN5O7/c1-29(2)16-12-9-10-8-11-14(19(34)24(28-22(11)26)31-6-4-30(3)5-7-31)17(32)13(10)20(35)25(12,38)21(36)15(18(16)33)23(27)37/h10,12-13,15-16,34,38H,4-9H2,1-3H3,(H2,27,37)/t10-,12-,13?,15?,16-,25-/m0/s1. The van der Waals surface area contributed by atoms with Crippen molar-refractivity contribution in [3.63, 3.8) is 0 Å². The van der Waals surface area contributed by atoms with Crippen molar-refractivity contribution in [3.8, 4) is 5.75 Å². The highest BCUT2D eigenvalue weighted by atomic mass is 19.1. The number of nitrogens with zero attached hydrogens (tertiary/aromatic N) is 4. The first-order valence-electron chi connectivity index (χ1n) is 12.5. The third-order valence-electron chi connectivity index (χ3n) is 8.66. The van der Waals surface area contributed by atoms with Gasteiger partial charge in [-0.25, -0.2) is 0 Å². The molecule has 1 aromatic heterocycles. The van der Waals surface area contributed by atoms with Gasteiger partial charge in [0, 0.05) is 37.7 Å². The minimum Gasteiger partial charge on any atom is -0.504 e. The minimum absolute atomic E-state index is 0.109. The summed E-state index contributed by atoms with van der Waals surface area (Å²) in [7, 11) is 4.91. The number of hydrogen-bond donors (Lipinski definition) is 3. The number of anilines is 1. The summed E-state index contributed by atoms with van der Waals surface area (Å²) in [5, 5.41) is 22.7. The number of rotatable bonds is 3. The molecule has 0 radical (unpaired) electrons. The highest BCUT2D eigenvalue weighted by Gasteiger charge is 2.69. The van der Waals surface area contributed by atoms with Crippen LogP contribution in [0.2, 0.25) is 0 Å². The maximum Gasteiger partial charge on any atom is 0.235 e. The Balaban J connectivity index is 1.60. The topological polar surface area (TPSA) is 174 Å². The van der Waals surface area contributed by atoms with Crippen LogP contribution in [0.15, 0.2) is 0 Å². The van der Waals surface area contributed by atoms with Crippen molar-refractivity contribution < 1.29 is 38.6 Å². The van der Waals surface area contributed by atoms with Crippen molar-refractivity contribution in [2.24, 2.45) is 29.4 Å². The Morgan fingerprint density at radius 1 is 1.13 bits per heavy atom. The number of ketones is 4. The van der Waals surface area contributed by atoms with Crippen molar-refractivity contribution in [2.75, 3.05) is 52.2 Å². The zero-order valence-electron chi connectivity index (χ0n) is 21.3. The number of carbonyl (C=O) groups excluding carboxylic acids is 5. The van der Waals surface area contributed by atoms with Crippen molar-refractivity contribution >= 4 is 34.9 Å². The fourth-order valence-corrected chi connectivity index (χ4v) is 6.74. The van der Waals surface area contributed by atoms with Crippen molar-refractivity contribution in [3.05, 3.63) is 17.1 Å². The van der Waals surface area contributed by atoms with Crippen LogP contribution >= 0.6 is 0 Å². The van der Waals surface area contributed by atoms with Gasteiger partial charge in [0.1, 0.15) is 0 Å². The largest absolute Gasteiger partial charge is 0.504 e. The molecule has 1 aromatic rings. The Kier molecular flexibility index (Phi) is 6.16.